The van der Waals surface area contributed by atoms with E-state index < -0.39 is 0 Å². The zero-order chi connectivity index (χ0) is 13.1. The summed E-state index contributed by atoms with van der Waals surface area (Å²) in [6.45, 7) is 8.59. The van der Waals surface area contributed by atoms with Crippen molar-refractivity contribution in [2.45, 2.75) is 33.2 Å². The number of aromatic nitrogens is 1. The van der Waals surface area contributed by atoms with Gasteiger partial charge >= 0.3 is 0 Å². The molecule has 0 bridgehead atoms. The van der Waals surface area contributed by atoms with Crippen molar-refractivity contribution >= 4 is 5.91 Å². The molecule has 18 heavy (non-hydrogen) atoms. The highest BCUT2D eigenvalue weighted by Gasteiger charge is 2.29. The standard InChI is InChI=1S/C14H21N3O/c1-4-7-17(12-8-15-9-12)14(18)13-6-5-10(2)16-11(13)3/h5-6,12,15H,4,7-9H2,1-3H3. The maximum atomic E-state index is 12.6. The molecule has 0 aliphatic carbocycles. The lowest BCUT2D eigenvalue weighted by Gasteiger charge is -2.38. The second-order valence-electron chi connectivity index (χ2n) is 4.90. The van der Waals surface area contributed by atoms with Crippen LogP contribution in [0.3, 0.4) is 0 Å². The highest BCUT2D eigenvalue weighted by atomic mass is 16.2. The van der Waals surface area contributed by atoms with Crippen LogP contribution in [0.1, 0.15) is 35.1 Å². The minimum Gasteiger partial charge on any atom is -0.333 e. The minimum atomic E-state index is 0.119. The molecule has 1 fully saturated rings. The van der Waals surface area contributed by atoms with Crippen molar-refractivity contribution in [2.75, 3.05) is 19.6 Å². The fraction of sp³-hybridized carbons (Fsp3) is 0.571. The van der Waals surface area contributed by atoms with E-state index in [0.29, 0.717) is 6.04 Å². The molecular weight excluding hydrogens is 226 g/mol. The van der Waals surface area contributed by atoms with E-state index in [1.165, 1.54) is 0 Å². The number of rotatable bonds is 4. The molecule has 1 saturated heterocycles. The van der Waals surface area contributed by atoms with Crippen molar-refractivity contribution in [1.82, 2.24) is 15.2 Å². The normalized spacial score (nSPS) is 15.3. The topological polar surface area (TPSA) is 45.2 Å². The number of hydrogen-bond acceptors (Lipinski definition) is 3. The average molecular weight is 247 g/mol. The number of aryl methyl sites for hydroxylation is 2. The first kappa shape index (κ1) is 13.0. The Morgan fingerprint density at radius 1 is 1.44 bits per heavy atom. The van der Waals surface area contributed by atoms with E-state index in [9.17, 15) is 4.79 Å². The summed E-state index contributed by atoms with van der Waals surface area (Å²) >= 11 is 0. The monoisotopic (exact) mass is 247 g/mol. The molecule has 0 saturated carbocycles. The minimum absolute atomic E-state index is 0.119. The molecular formula is C14H21N3O. The third kappa shape index (κ3) is 2.53. The van der Waals surface area contributed by atoms with Gasteiger partial charge in [-0.25, -0.2) is 0 Å². The van der Waals surface area contributed by atoms with Crippen LogP contribution >= 0.6 is 0 Å². The van der Waals surface area contributed by atoms with Crippen LogP contribution in [0.2, 0.25) is 0 Å². The Hall–Kier alpha value is -1.42. The molecule has 1 amide bonds. The second-order valence-corrected chi connectivity index (χ2v) is 4.90. The Morgan fingerprint density at radius 2 is 2.17 bits per heavy atom. The fourth-order valence-corrected chi connectivity index (χ4v) is 2.25. The van der Waals surface area contributed by atoms with Crippen LogP contribution in [-0.2, 0) is 0 Å². The van der Waals surface area contributed by atoms with E-state index >= 15 is 0 Å². The first-order valence-electron chi connectivity index (χ1n) is 6.59. The fourth-order valence-electron chi connectivity index (χ4n) is 2.25. The van der Waals surface area contributed by atoms with Crippen LogP contribution in [0.25, 0.3) is 0 Å². The van der Waals surface area contributed by atoms with E-state index in [1.54, 1.807) is 0 Å². The lowest BCUT2D eigenvalue weighted by Crippen LogP contribution is -2.59. The summed E-state index contributed by atoms with van der Waals surface area (Å²) in [7, 11) is 0. The van der Waals surface area contributed by atoms with Crippen LogP contribution < -0.4 is 5.32 Å². The average Bonchev–Trinajstić information content (AvgIpc) is 2.25. The molecule has 98 valence electrons. The zero-order valence-corrected chi connectivity index (χ0v) is 11.4. The van der Waals surface area contributed by atoms with Gasteiger partial charge in [-0.2, -0.15) is 0 Å². The highest BCUT2D eigenvalue weighted by molar-refractivity contribution is 5.95. The number of pyridine rings is 1. The lowest BCUT2D eigenvalue weighted by atomic mass is 10.1. The third-order valence-electron chi connectivity index (χ3n) is 3.38. The number of amides is 1. The molecule has 1 aromatic rings. The van der Waals surface area contributed by atoms with Crippen LogP contribution in [0.5, 0.6) is 0 Å². The molecule has 4 nitrogen and oxygen atoms in total. The Bertz CT molecular complexity index is 441. The molecule has 2 rings (SSSR count). The van der Waals surface area contributed by atoms with Crippen molar-refractivity contribution in [3.8, 4) is 0 Å². The summed E-state index contributed by atoms with van der Waals surface area (Å²) in [6, 6.07) is 4.15. The molecule has 0 unspecified atom stereocenters. The van der Waals surface area contributed by atoms with Crippen LogP contribution in [0, 0.1) is 13.8 Å². The predicted octanol–water partition coefficient (Wildman–Crippen LogP) is 1.52. The molecule has 1 aromatic heterocycles. The summed E-state index contributed by atoms with van der Waals surface area (Å²) in [5.41, 5.74) is 2.52. The smallest absolute Gasteiger partial charge is 0.256 e. The molecule has 1 aliphatic heterocycles. The number of carbonyl (C=O) groups excluding carboxylic acids is 1. The van der Waals surface area contributed by atoms with Gasteiger partial charge in [0.25, 0.3) is 5.91 Å². The van der Waals surface area contributed by atoms with Crippen LogP contribution in [0.4, 0.5) is 0 Å². The Labute approximate surface area is 108 Å². The zero-order valence-electron chi connectivity index (χ0n) is 11.4. The van der Waals surface area contributed by atoms with Crippen molar-refractivity contribution < 1.29 is 4.79 Å². The van der Waals surface area contributed by atoms with Gasteiger partial charge in [-0.3, -0.25) is 9.78 Å². The maximum absolute atomic E-state index is 12.6. The largest absolute Gasteiger partial charge is 0.333 e. The third-order valence-corrected chi connectivity index (χ3v) is 3.38. The number of hydrogen-bond donors (Lipinski definition) is 1. The quantitative estimate of drug-likeness (QED) is 0.877. The van der Waals surface area contributed by atoms with Crippen molar-refractivity contribution in [2.24, 2.45) is 0 Å². The first-order chi connectivity index (χ1) is 8.63. The van der Waals surface area contributed by atoms with E-state index in [1.807, 2.05) is 30.9 Å². The molecule has 1 N–H and O–H groups in total. The Kier molecular flexibility index (Phi) is 3.97. The first-order valence-corrected chi connectivity index (χ1v) is 6.59. The van der Waals surface area contributed by atoms with Gasteiger partial charge in [0, 0.05) is 25.3 Å². The van der Waals surface area contributed by atoms with Gasteiger partial charge in [-0.05, 0) is 32.4 Å². The molecule has 1 aliphatic rings. The van der Waals surface area contributed by atoms with Gasteiger partial charge in [0.15, 0.2) is 0 Å². The van der Waals surface area contributed by atoms with Crippen molar-refractivity contribution in [3.05, 3.63) is 29.1 Å². The summed E-state index contributed by atoms with van der Waals surface area (Å²) < 4.78 is 0. The predicted molar refractivity (Wildman–Crippen MR) is 71.7 cm³/mol. The van der Waals surface area contributed by atoms with E-state index in [-0.39, 0.29) is 5.91 Å². The van der Waals surface area contributed by atoms with Crippen molar-refractivity contribution in [1.29, 1.82) is 0 Å². The summed E-state index contributed by atoms with van der Waals surface area (Å²) in [5, 5.41) is 3.22. The van der Waals surface area contributed by atoms with Crippen LogP contribution in [-0.4, -0.2) is 41.5 Å². The lowest BCUT2D eigenvalue weighted by molar-refractivity contribution is 0.0614. The second kappa shape index (κ2) is 5.48. The van der Waals surface area contributed by atoms with Gasteiger partial charge < -0.3 is 10.2 Å². The highest BCUT2D eigenvalue weighted by Crippen LogP contribution is 2.15. The molecule has 0 atom stereocenters. The SMILES string of the molecule is CCCN(C(=O)c1ccc(C)nc1C)C1CNC1. The molecule has 0 radical (unpaired) electrons. The van der Waals surface area contributed by atoms with Crippen LogP contribution in [0.15, 0.2) is 12.1 Å². The van der Waals surface area contributed by atoms with Crippen molar-refractivity contribution in [3.63, 3.8) is 0 Å². The van der Waals surface area contributed by atoms with E-state index in [4.69, 9.17) is 0 Å². The molecule has 4 heteroatoms. The van der Waals surface area contributed by atoms with Gasteiger partial charge in [0.1, 0.15) is 0 Å². The number of nitrogens with zero attached hydrogens (tertiary/aromatic N) is 2. The number of carbonyl (C=O) groups is 1. The summed E-state index contributed by atoms with van der Waals surface area (Å²) in [4.78, 5) is 18.9. The summed E-state index contributed by atoms with van der Waals surface area (Å²) in [5.74, 6) is 0.119. The molecule has 2 heterocycles. The van der Waals surface area contributed by atoms with E-state index in [2.05, 4.69) is 17.2 Å². The Balaban J connectivity index is 2.21. The molecule has 0 spiro atoms. The van der Waals surface area contributed by atoms with Gasteiger partial charge in [-0.15, -0.1) is 0 Å². The Morgan fingerprint density at radius 3 is 2.67 bits per heavy atom. The van der Waals surface area contributed by atoms with Gasteiger partial charge in [0.2, 0.25) is 0 Å². The van der Waals surface area contributed by atoms with Gasteiger partial charge in [0.05, 0.1) is 17.3 Å². The summed E-state index contributed by atoms with van der Waals surface area (Å²) in [6.07, 6.45) is 0.987. The van der Waals surface area contributed by atoms with E-state index in [0.717, 1.165) is 43.0 Å². The molecule has 0 aromatic carbocycles. The number of nitrogens with one attached hydrogen (secondary N) is 1. The maximum Gasteiger partial charge on any atom is 0.256 e. The van der Waals surface area contributed by atoms with Gasteiger partial charge in [-0.1, -0.05) is 6.92 Å².